The molecule has 1 saturated carbocycles. The normalized spacial score (nSPS) is 38.9. The first-order valence-electron chi connectivity index (χ1n) is 5.09. The summed E-state index contributed by atoms with van der Waals surface area (Å²) in [4.78, 5) is 22.7. The lowest BCUT2D eigenvalue weighted by Gasteiger charge is -2.22. The van der Waals surface area contributed by atoms with E-state index in [0.29, 0.717) is 6.42 Å². The number of hydrogen-bond acceptors (Lipinski definition) is 2. The van der Waals surface area contributed by atoms with Gasteiger partial charge in [-0.25, -0.2) is 0 Å². The van der Waals surface area contributed by atoms with E-state index in [1.807, 2.05) is 12.2 Å². The van der Waals surface area contributed by atoms with Gasteiger partial charge >= 0.3 is 5.97 Å². The molecule has 14 heavy (non-hydrogen) atoms. The van der Waals surface area contributed by atoms with Gasteiger partial charge < -0.3 is 5.11 Å². The zero-order valence-electron chi connectivity index (χ0n) is 8.14. The van der Waals surface area contributed by atoms with E-state index in [0.717, 1.165) is 6.42 Å². The fraction of sp³-hybridized carbons (Fsp3) is 0.636. The first-order valence-corrected chi connectivity index (χ1v) is 5.09. The summed E-state index contributed by atoms with van der Waals surface area (Å²) in [7, 11) is 0. The lowest BCUT2D eigenvalue weighted by atomic mass is 9.80. The second-order valence-corrected chi connectivity index (χ2v) is 4.16. The SMILES string of the molecule is CCC(=O)[C@@H]1[C@H](C(=O)O)[C@H]2C=C[C@@H]1C2. The third-order valence-corrected chi connectivity index (χ3v) is 3.46. The maximum absolute atomic E-state index is 11.6. The number of hydrogen-bond donors (Lipinski definition) is 1. The number of aliphatic carboxylic acids is 1. The first kappa shape index (κ1) is 9.44. The van der Waals surface area contributed by atoms with Crippen molar-refractivity contribution in [1.29, 1.82) is 0 Å². The first-order chi connectivity index (χ1) is 6.65. The minimum atomic E-state index is -0.811. The Hall–Kier alpha value is -1.12. The maximum Gasteiger partial charge on any atom is 0.307 e. The third-order valence-electron chi connectivity index (χ3n) is 3.46. The maximum atomic E-state index is 11.6. The van der Waals surface area contributed by atoms with Crippen LogP contribution >= 0.6 is 0 Å². The molecule has 3 heteroatoms. The molecule has 76 valence electrons. The highest BCUT2D eigenvalue weighted by Crippen LogP contribution is 2.48. The molecule has 0 aliphatic heterocycles. The van der Waals surface area contributed by atoms with E-state index in [4.69, 9.17) is 5.11 Å². The van der Waals surface area contributed by atoms with Crippen LogP contribution < -0.4 is 0 Å². The van der Waals surface area contributed by atoms with Gasteiger partial charge in [-0.15, -0.1) is 0 Å². The van der Waals surface area contributed by atoms with Crippen LogP contribution in [0, 0.1) is 23.7 Å². The Morgan fingerprint density at radius 1 is 1.29 bits per heavy atom. The lowest BCUT2D eigenvalue weighted by Crippen LogP contribution is -2.32. The quantitative estimate of drug-likeness (QED) is 0.692. The predicted octanol–water partition coefficient (Wildman–Crippen LogP) is 1.49. The van der Waals surface area contributed by atoms with Crippen molar-refractivity contribution >= 4 is 11.8 Å². The average molecular weight is 194 g/mol. The van der Waals surface area contributed by atoms with Gasteiger partial charge in [0, 0.05) is 12.3 Å². The zero-order chi connectivity index (χ0) is 10.3. The molecule has 0 saturated heterocycles. The average Bonchev–Trinajstić information content (AvgIpc) is 2.74. The van der Waals surface area contributed by atoms with E-state index in [9.17, 15) is 9.59 Å². The van der Waals surface area contributed by atoms with Crippen LogP contribution in [0.3, 0.4) is 0 Å². The number of ketones is 1. The highest BCUT2D eigenvalue weighted by atomic mass is 16.4. The lowest BCUT2D eigenvalue weighted by molar-refractivity contribution is -0.147. The second-order valence-electron chi connectivity index (χ2n) is 4.16. The molecular formula is C11H14O3. The largest absolute Gasteiger partial charge is 0.481 e. The number of carbonyl (C=O) groups is 2. The van der Waals surface area contributed by atoms with Crippen molar-refractivity contribution in [2.75, 3.05) is 0 Å². The number of allylic oxidation sites excluding steroid dienone is 2. The van der Waals surface area contributed by atoms with Crippen LogP contribution in [0.15, 0.2) is 12.2 Å². The Kier molecular flexibility index (Phi) is 2.17. The van der Waals surface area contributed by atoms with Crippen LogP contribution in [0.4, 0.5) is 0 Å². The summed E-state index contributed by atoms with van der Waals surface area (Å²) in [5.41, 5.74) is 0. The highest BCUT2D eigenvalue weighted by Gasteiger charge is 2.50. The summed E-state index contributed by atoms with van der Waals surface area (Å²) < 4.78 is 0. The summed E-state index contributed by atoms with van der Waals surface area (Å²) in [6.45, 7) is 1.80. The summed E-state index contributed by atoms with van der Waals surface area (Å²) in [5.74, 6) is -1.14. The molecule has 2 aliphatic rings. The van der Waals surface area contributed by atoms with Gasteiger partial charge in [-0.05, 0) is 18.3 Å². The van der Waals surface area contributed by atoms with Gasteiger partial charge in [0.2, 0.25) is 0 Å². The van der Waals surface area contributed by atoms with Crippen LogP contribution in [0.2, 0.25) is 0 Å². The summed E-state index contributed by atoms with van der Waals surface area (Å²) in [6.07, 6.45) is 5.28. The van der Waals surface area contributed by atoms with Crippen LogP contribution in [0.5, 0.6) is 0 Å². The number of rotatable bonds is 3. The number of carboxylic acid groups (broad SMARTS) is 1. The molecule has 1 N–H and O–H groups in total. The predicted molar refractivity (Wildman–Crippen MR) is 50.7 cm³/mol. The number of carboxylic acids is 1. The Morgan fingerprint density at radius 2 is 1.86 bits per heavy atom. The van der Waals surface area contributed by atoms with Gasteiger partial charge in [0.1, 0.15) is 5.78 Å². The molecule has 1 fully saturated rings. The van der Waals surface area contributed by atoms with Gasteiger partial charge in [0.25, 0.3) is 0 Å². The van der Waals surface area contributed by atoms with Gasteiger partial charge in [-0.2, -0.15) is 0 Å². The van der Waals surface area contributed by atoms with Gasteiger partial charge in [0.05, 0.1) is 5.92 Å². The molecule has 2 aliphatic carbocycles. The minimum Gasteiger partial charge on any atom is -0.481 e. The fourth-order valence-electron chi connectivity index (χ4n) is 2.83. The molecule has 0 unspecified atom stereocenters. The van der Waals surface area contributed by atoms with E-state index in [-0.39, 0.29) is 23.5 Å². The van der Waals surface area contributed by atoms with E-state index in [1.54, 1.807) is 6.92 Å². The fourth-order valence-corrected chi connectivity index (χ4v) is 2.83. The molecule has 0 aromatic heterocycles. The Balaban J connectivity index is 2.26. The van der Waals surface area contributed by atoms with Gasteiger partial charge in [0.15, 0.2) is 0 Å². The van der Waals surface area contributed by atoms with Crippen LogP contribution in [-0.2, 0) is 9.59 Å². The van der Waals surface area contributed by atoms with E-state index in [1.165, 1.54) is 0 Å². The van der Waals surface area contributed by atoms with Crippen molar-refractivity contribution in [3.63, 3.8) is 0 Å². The van der Waals surface area contributed by atoms with Crippen molar-refractivity contribution in [3.8, 4) is 0 Å². The molecule has 0 spiro atoms. The van der Waals surface area contributed by atoms with Crippen molar-refractivity contribution in [2.24, 2.45) is 23.7 Å². The minimum absolute atomic E-state index is 0.0954. The standard InChI is InChI=1S/C11H14O3/c1-2-8(12)9-6-3-4-7(5-6)10(9)11(13)14/h3-4,6-7,9-10H,2,5H2,1H3,(H,13,14)/t6-,7+,9-,10-/m1/s1. The molecule has 0 heterocycles. The van der Waals surface area contributed by atoms with Crippen LogP contribution in [0.25, 0.3) is 0 Å². The molecule has 4 atom stereocenters. The van der Waals surface area contributed by atoms with Crippen LogP contribution in [0.1, 0.15) is 19.8 Å². The van der Waals surface area contributed by atoms with Crippen molar-refractivity contribution in [1.82, 2.24) is 0 Å². The van der Waals surface area contributed by atoms with Gasteiger partial charge in [-0.1, -0.05) is 19.1 Å². The molecule has 2 bridgehead atoms. The van der Waals surface area contributed by atoms with Crippen molar-refractivity contribution in [2.45, 2.75) is 19.8 Å². The molecule has 0 amide bonds. The monoisotopic (exact) mass is 194 g/mol. The van der Waals surface area contributed by atoms with Gasteiger partial charge in [-0.3, -0.25) is 9.59 Å². The number of fused-ring (bicyclic) bond motifs is 2. The van der Waals surface area contributed by atoms with E-state index in [2.05, 4.69) is 0 Å². The summed E-state index contributed by atoms with van der Waals surface area (Å²) in [6, 6.07) is 0. The molecule has 0 aromatic rings. The summed E-state index contributed by atoms with van der Waals surface area (Å²) >= 11 is 0. The van der Waals surface area contributed by atoms with Crippen molar-refractivity contribution in [3.05, 3.63) is 12.2 Å². The third kappa shape index (κ3) is 1.19. The Bertz CT molecular complexity index is 306. The molecule has 2 rings (SSSR count). The summed E-state index contributed by atoms with van der Waals surface area (Å²) in [5, 5.41) is 9.06. The molecule has 0 aromatic carbocycles. The molecule has 3 nitrogen and oxygen atoms in total. The molecular weight excluding hydrogens is 180 g/mol. The Morgan fingerprint density at radius 3 is 2.36 bits per heavy atom. The van der Waals surface area contributed by atoms with Crippen LogP contribution in [-0.4, -0.2) is 16.9 Å². The number of Topliss-reactive ketones (excluding diaryl/α,β-unsaturated/α-hetero) is 1. The topological polar surface area (TPSA) is 54.4 Å². The smallest absolute Gasteiger partial charge is 0.307 e. The Labute approximate surface area is 82.8 Å². The van der Waals surface area contributed by atoms with E-state index >= 15 is 0 Å². The second kappa shape index (κ2) is 3.23. The van der Waals surface area contributed by atoms with Crippen molar-refractivity contribution < 1.29 is 14.7 Å². The highest BCUT2D eigenvalue weighted by molar-refractivity contribution is 5.88. The number of carbonyl (C=O) groups excluding carboxylic acids is 1. The zero-order valence-corrected chi connectivity index (χ0v) is 8.14. The molecule has 0 radical (unpaired) electrons. The van der Waals surface area contributed by atoms with E-state index < -0.39 is 11.9 Å².